The molecule has 0 aromatic rings. The van der Waals surface area contributed by atoms with Crippen molar-refractivity contribution in [1.82, 2.24) is 0 Å². The van der Waals surface area contributed by atoms with Crippen LogP contribution in [-0.2, 0) is 0 Å². The first-order valence-electron chi connectivity index (χ1n) is 0. The Kier molecular flexibility index (Phi) is 1120. The van der Waals surface area contributed by atoms with Crippen LogP contribution >= 0.6 is 0 Å². The first kappa shape index (κ1) is 130. The zero-order chi connectivity index (χ0) is 0. The van der Waals surface area contributed by atoms with Crippen LogP contribution in [0.2, 0.25) is 0 Å². The Hall–Kier alpha value is 8.09. The van der Waals surface area contributed by atoms with Crippen LogP contribution in [0.4, 0.5) is 0 Å². The molecule has 0 heterocycles. The molecule has 0 N–H and O–H groups in total. The van der Waals surface area contributed by atoms with Gasteiger partial charge in [0.25, 0.3) is 0 Å². The summed E-state index contributed by atoms with van der Waals surface area (Å²) in [7, 11) is 0. The van der Waals surface area contributed by atoms with Crippen molar-refractivity contribution >= 4 is 254 Å². The van der Waals surface area contributed by atoms with Crippen LogP contribution in [0.25, 0.3) is 0 Å². The fraction of sp³-hybridized carbons (Fsp3) is 0. The topological polar surface area (TPSA) is 0 Å². The van der Waals surface area contributed by atoms with E-state index in [9.17, 15) is 0 Å². The maximum Gasteiger partial charge on any atom is 0 e. The van der Waals surface area contributed by atoms with E-state index in [4.69, 9.17) is 0 Å². The van der Waals surface area contributed by atoms with E-state index in [1.807, 2.05) is 0 Å². The summed E-state index contributed by atoms with van der Waals surface area (Å²) in [5, 5.41) is 0. The standard InChI is InChI=1S/8Al.5Mg. The van der Waals surface area contributed by atoms with Crippen LogP contribution < -0.4 is 0 Å². The van der Waals surface area contributed by atoms with Crippen molar-refractivity contribution in [1.29, 1.82) is 0 Å². The third kappa shape index (κ3) is 100. The van der Waals surface area contributed by atoms with Gasteiger partial charge in [-0.2, -0.15) is 0 Å². The first-order valence-corrected chi connectivity index (χ1v) is 0. The molecule has 13 heteroatoms. The van der Waals surface area contributed by atoms with Gasteiger partial charge in [-0.15, -0.1) is 0 Å². The fourth-order valence-electron chi connectivity index (χ4n) is 0. The van der Waals surface area contributed by atoms with Gasteiger partial charge in [-0.1, -0.05) is 0 Å². The lowest BCUT2D eigenvalue weighted by molar-refractivity contribution is 5.75. The number of rotatable bonds is 0. The summed E-state index contributed by atoms with van der Waals surface area (Å²) in [6.45, 7) is 0. The summed E-state index contributed by atoms with van der Waals surface area (Å²) in [5.41, 5.74) is 0. The van der Waals surface area contributed by atoms with Crippen molar-refractivity contribution in [2.75, 3.05) is 0 Å². The van der Waals surface area contributed by atoms with Crippen molar-refractivity contribution in [3.63, 3.8) is 0 Å². The van der Waals surface area contributed by atoms with Crippen LogP contribution in [0.3, 0.4) is 0 Å². The van der Waals surface area contributed by atoms with E-state index in [0.29, 0.717) is 0 Å². The van der Waals surface area contributed by atoms with Gasteiger partial charge in [-0.3, -0.25) is 0 Å². The van der Waals surface area contributed by atoms with Gasteiger partial charge in [0, 0.05) is 254 Å². The molecule has 0 aliphatic rings. The third-order valence-electron chi connectivity index (χ3n) is 0. The average Bonchev–Trinajstić information content (AvgIpc) is 0. The van der Waals surface area contributed by atoms with Gasteiger partial charge in [0.2, 0.25) is 0 Å². The number of hydrogen-bond donors (Lipinski definition) is 0. The van der Waals surface area contributed by atoms with E-state index in [2.05, 4.69) is 0 Å². The molecule has 0 aliphatic heterocycles. The molecule has 0 aromatic heterocycles. The molecule has 34 valence electrons. The Morgan fingerprint density at radius 3 is 0.154 bits per heavy atom. The monoisotopic (exact) mass is 336 g/mol. The SMILES string of the molecule is [Al].[Al].[Al].[Al].[Al].[Al].[Al].[Al].[Mg].[Mg].[Mg].[Mg].[Mg]. The normalized spacial score (nSPS) is 0. The zero-order valence-corrected chi connectivity index (χ0v) is 24.5. The van der Waals surface area contributed by atoms with E-state index in [-0.39, 0.29) is 254 Å². The highest BCUT2D eigenvalue weighted by Crippen LogP contribution is -0.369. The lowest BCUT2D eigenvalue weighted by atomic mass is 24.3. The highest BCUT2D eigenvalue weighted by Gasteiger charge is 0.0120. The van der Waals surface area contributed by atoms with Crippen molar-refractivity contribution < 1.29 is 0 Å². The Morgan fingerprint density at radius 1 is 0.154 bits per heavy atom. The molecule has 0 saturated heterocycles. The molecular formula is Al8Mg5. The summed E-state index contributed by atoms with van der Waals surface area (Å²) in [6.07, 6.45) is 0. The molecule has 0 bridgehead atoms. The first-order chi connectivity index (χ1) is 0. The molecule has 0 fully saturated rings. The van der Waals surface area contributed by atoms with Gasteiger partial charge in [-0.25, -0.2) is 0 Å². The number of hydrogen-bond acceptors (Lipinski definition) is 0. The largest absolute Gasteiger partial charge is 0 e. The van der Waals surface area contributed by atoms with Crippen LogP contribution in [0, 0.1) is 0 Å². The highest BCUT2D eigenvalue weighted by molar-refractivity contribution is 5.77. The van der Waals surface area contributed by atoms with Gasteiger partial charge in [0.15, 0.2) is 0 Å². The smallest absolute Gasteiger partial charge is 0 e. The molecule has 0 amide bonds. The second-order valence-electron chi connectivity index (χ2n) is 0. The minimum Gasteiger partial charge on any atom is 0 e. The van der Waals surface area contributed by atoms with Crippen molar-refractivity contribution in [3.8, 4) is 0 Å². The quantitative estimate of drug-likeness (QED) is 0.389. The lowest BCUT2D eigenvalue weighted by Gasteiger charge is -0.00100. The maximum absolute atomic E-state index is 0. The summed E-state index contributed by atoms with van der Waals surface area (Å²) in [4.78, 5) is 0. The average molecular weight is 337 g/mol. The van der Waals surface area contributed by atoms with Crippen LogP contribution in [0.1, 0.15) is 0 Å². The molecule has 0 unspecified atom stereocenters. The molecule has 0 nitrogen and oxygen atoms in total. The van der Waals surface area contributed by atoms with E-state index in [1.54, 1.807) is 0 Å². The van der Waals surface area contributed by atoms with E-state index in [0.717, 1.165) is 0 Å². The summed E-state index contributed by atoms with van der Waals surface area (Å²) in [6, 6.07) is 0. The molecule has 0 atom stereocenters. The van der Waals surface area contributed by atoms with Crippen molar-refractivity contribution in [3.05, 3.63) is 0 Å². The Labute approximate surface area is 248 Å². The predicted octanol–water partition coefficient (Wildman–Crippen LogP) is -4.95. The highest BCUT2D eigenvalue weighted by atomic mass is 27.0. The van der Waals surface area contributed by atoms with Crippen LogP contribution in [-0.4, -0.2) is 254 Å². The van der Waals surface area contributed by atoms with Crippen molar-refractivity contribution in [2.45, 2.75) is 0 Å². The maximum atomic E-state index is 0. The minimum absolute atomic E-state index is 0. The molecule has 13 heavy (non-hydrogen) atoms. The van der Waals surface area contributed by atoms with Gasteiger partial charge >= 0.3 is 0 Å². The fourth-order valence-corrected chi connectivity index (χ4v) is 0. The molecule has 34 radical (unpaired) electrons. The van der Waals surface area contributed by atoms with Crippen molar-refractivity contribution in [2.24, 2.45) is 0 Å². The zero-order valence-electron chi connectivity index (χ0n) is 8.15. The molecule has 0 spiro atoms. The second-order valence-corrected chi connectivity index (χ2v) is 0. The van der Waals surface area contributed by atoms with Gasteiger partial charge in [-0.05, 0) is 0 Å². The third-order valence-corrected chi connectivity index (χ3v) is 0. The molecule has 0 aliphatic carbocycles. The molecule has 0 rings (SSSR count). The molecular weight excluding hydrogens is 337 g/mol. The molecule has 0 aromatic carbocycles. The molecule has 0 saturated carbocycles. The van der Waals surface area contributed by atoms with E-state index >= 15 is 0 Å². The van der Waals surface area contributed by atoms with E-state index in [1.165, 1.54) is 0 Å². The van der Waals surface area contributed by atoms with Gasteiger partial charge < -0.3 is 0 Å². The van der Waals surface area contributed by atoms with Crippen LogP contribution in [0.5, 0.6) is 0 Å². The minimum atomic E-state index is 0. The Bertz CT molecular complexity index is 12.5. The summed E-state index contributed by atoms with van der Waals surface area (Å²) >= 11 is 0. The Morgan fingerprint density at radius 2 is 0.154 bits per heavy atom. The van der Waals surface area contributed by atoms with Gasteiger partial charge in [0.05, 0.1) is 0 Å². The predicted molar refractivity (Wildman–Crippen MR) is 74.8 cm³/mol. The Balaban J connectivity index is 0. The summed E-state index contributed by atoms with van der Waals surface area (Å²) in [5.74, 6) is 0. The van der Waals surface area contributed by atoms with Crippen LogP contribution in [0.15, 0.2) is 0 Å². The van der Waals surface area contributed by atoms with Gasteiger partial charge in [0.1, 0.15) is 0 Å². The van der Waals surface area contributed by atoms with E-state index < -0.39 is 0 Å². The summed E-state index contributed by atoms with van der Waals surface area (Å²) < 4.78 is 0. The second kappa shape index (κ2) is 112. The lowest BCUT2D eigenvalue weighted by Crippen LogP contribution is -0.382.